The Hall–Kier alpha value is -1.33. The van der Waals surface area contributed by atoms with Crippen molar-refractivity contribution in [2.75, 3.05) is 24.2 Å². The van der Waals surface area contributed by atoms with Crippen LogP contribution in [0, 0.1) is 0 Å². The highest BCUT2D eigenvalue weighted by molar-refractivity contribution is 8.01. The topological polar surface area (TPSA) is 93.2 Å². The first-order valence-corrected chi connectivity index (χ1v) is 8.24. The lowest BCUT2D eigenvalue weighted by Crippen LogP contribution is -2.35. The highest BCUT2D eigenvalue weighted by Gasteiger charge is 2.42. The van der Waals surface area contributed by atoms with Gasteiger partial charge in [-0.1, -0.05) is 23.1 Å². The molecule has 11 heteroatoms. The predicted octanol–water partition coefficient (Wildman–Crippen LogP) is 1.13. The van der Waals surface area contributed by atoms with Gasteiger partial charge < -0.3 is 4.74 Å². The molecule has 0 spiro atoms. The number of thioether (sulfide) groups is 1. The van der Waals surface area contributed by atoms with E-state index >= 15 is 0 Å². The molecule has 122 valence electrons. The van der Waals surface area contributed by atoms with E-state index in [4.69, 9.17) is 4.74 Å². The van der Waals surface area contributed by atoms with E-state index in [9.17, 15) is 18.4 Å². The van der Waals surface area contributed by atoms with Crippen LogP contribution in [0.3, 0.4) is 0 Å². The molecule has 0 saturated carbocycles. The molecular weight excluding hydrogens is 338 g/mol. The molecule has 1 fully saturated rings. The van der Waals surface area contributed by atoms with Crippen LogP contribution in [0.15, 0.2) is 4.34 Å². The number of hydrogen-bond acceptors (Lipinski definition) is 8. The Morgan fingerprint density at radius 2 is 2.32 bits per heavy atom. The Morgan fingerprint density at radius 1 is 1.55 bits per heavy atom. The average molecular weight is 352 g/mol. The number of amides is 1. The summed E-state index contributed by atoms with van der Waals surface area (Å²) >= 11 is 2.20. The smallest absolute Gasteiger partial charge is 0.316 e. The van der Waals surface area contributed by atoms with Crippen LogP contribution in [0.2, 0.25) is 0 Å². The van der Waals surface area contributed by atoms with Gasteiger partial charge in [0.1, 0.15) is 0 Å². The highest BCUT2D eigenvalue weighted by atomic mass is 32.2. The lowest BCUT2D eigenvalue weighted by molar-refractivity contribution is -0.139. The van der Waals surface area contributed by atoms with E-state index in [1.807, 2.05) is 0 Å². The molecule has 7 nitrogen and oxygen atoms in total. The summed E-state index contributed by atoms with van der Waals surface area (Å²) in [7, 11) is 0. The maximum absolute atomic E-state index is 13.0. The zero-order chi connectivity index (χ0) is 16.2. The Bertz CT molecular complexity index is 555. The fourth-order valence-corrected chi connectivity index (χ4v) is 3.29. The molecule has 1 aliphatic heterocycles. The number of aromatic nitrogens is 2. The van der Waals surface area contributed by atoms with E-state index in [0.29, 0.717) is 10.9 Å². The largest absolute Gasteiger partial charge is 0.465 e. The van der Waals surface area contributed by atoms with Crippen molar-refractivity contribution in [2.24, 2.45) is 0 Å². The minimum absolute atomic E-state index is 0.0901. The van der Waals surface area contributed by atoms with Crippen molar-refractivity contribution in [1.29, 1.82) is 0 Å². The van der Waals surface area contributed by atoms with Gasteiger partial charge in [-0.15, -0.1) is 10.2 Å². The standard InChI is InChI=1S/C11H14F2N4O3S2/c1-2-20-7(18)4-21-10-17-16-9(22-10)15-8(19)6-3-11(12,13)5-14-6/h6,14H,2-5H2,1H3,(H,15,16,19). The van der Waals surface area contributed by atoms with Gasteiger partial charge in [-0.3, -0.25) is 20.2 Å². The Labute approximate surface area is 133 Å². The summed E-state index contributed by atoms with van der Waals surface area (Å²) < 4.78 is 31.3. The maximum atomic E-state index is 13.0. The maximum Gasteiger partial charge on any atom is 0.316 e. The molecule has 0 radical (unpaired) electrons. The molecule has 2 rings (SSSR count). The molecule has 1 aromatic rings. The lowest BCUT2D eigenvalue weighted by Gasteiger charge is -2.08. The highest BCUT2D eigenvalue weighted by Crippen LogP contribution is 2.28. The zero-order valence-corrected chi connectivity index (χ0v) is 13.2. The van der Waals surface area contributed by atoms with Crippen molar-refractivity contribution < 1.29 is 23.1 Å². The fraction of sp³-hybridized carbons (Fsp3) is 0.636. The van der Waals surface area contributed by atoms with Crippen LogP contribution in [-0.4, -0.2) is 52.9 Å². The van der Waals surface area contributed by atoms with Crippen molar-refractivity contribution in [3.63, 3.8) is 0 Å². The average Bonchev–Trinajstić information content (AvgIpc) is 3.03. The first-order chi connectivity index (χ1) is 10.4. The van der Waals surface area contributed by atoms with Gasteiger partial charge in [0.2, 0.25) is 11.0 Å². The van der Waals surface area contributed by atoms with Crippen molar-refractivity contribution >= 4 is 40.1 Å². The van der Waals surface area contributed by atoms with Gasteiger partial charge >= 0.3 is 5.97 Å². The van der Waals surface area contributed by atoms with Crippen LogP contribution >= 0.6 is 23.1 Å². The molecular formula is C11H14F2N4O3S2. The van der Waals surface area contributed by atoms with Crippen molar-refractivity contribution in [3.8, 4) is 0 Å². The summed E-state index contributed by atoms with van der Waals surface area (Å²) in [6.45, 7) is 1.50. The lowest BCUT2D eigenvalue weighted by atomic mass is 10.2. The van der Waals surface area contributed by atoms with Crippen molar-refractivity contribution in [3.05, 3.63) is 0 Å². The van der Waals surface area contributed by atoms with Crippen LogP contribution in [0.4, 0.5) is 13.9 Å². The molecule has 2 N–H and O–H groups in total. The van der Waals surface area contributed by atoms with Crippen LogP contribution in [0.5, 0.6) is 0 Å². The third-order valence-corrected chi connectivity index (χ3v) is 4.63. The molecule has 0 aliphatic carbocycles. The first kappa shape index (κ1) is 17.0. The Kier molecular flexibility index (Phi) is 5.64. The van der Waals surface area contributed by atoms with Gasteiger partial charge in [-0.25, -0.2) is 8.78 Å². The number of esters is 1. The third-order valence-electron chi connectivity index (χ3n) is 2.68. The van der Waals surface area contributed by atoms with Gasteiger partial charge in [0.15, 0.2) is 4.34 Å². The molecule has 1 saturated heterocycles. The van der Waals surface area contributed by atoms with Gasteiger partial charge in [0, 0.05) is 6.42 Å². The number of nitrogens with one attached hydrogen (secondary N) is 2. The first-order valence-electron chi connectivity index (χ1n) is 6.43. The Morgan fingerprint density at radius 3 is 2.95 bits per heavy atom. The van der Waals surface area contributed by atoms with Gasteiger partial charge in [0.05, 0.1) is 24.9 Å². The second-order valence-electron chi connectivity index (χ2n) is 4.45. The van der Waals surface area contributed by atoms with Crippen LogP contribution in [0.1, 0.15) is 13.3 Å². The number of nitrogens with zero attached hydrogens (tertiary/aromatic N) is 2. The summed E-state index contributed by atoms with van der Waals surface area (Å²) in [5.41, 5.74) is 0. The number of carbonyl (C=O) groups is 2. The summed E-state index contributed by atoms with van der Waals surface area (Å²) in [5, 5.41) is 12.6. The molecule has 0 bridgehead atoms. The molecule has 1 aliphatic rings. The minimum atomic E-state index is -2.87. The SMILES string of the molecule is CCOC(=O)CSc1nnc(NC(=O)C2CC(F)(F)CN2)s1. The second kappa shape index (κ2) is 7.29. The Balaban J connectivity index is 1.82. The summed E-state index contributed by atoms with van der Waals surface area (Å²) in [6.07, 6.45) is -0.540. The van der Waals surface area contributed by atoms with Crippen LogP contribution in [0.25, 0.3) is 0 Å². The van der Waals surface area contributed by atoms with E-state index in [0.717, 1.165) is 23.1 Å². The van der Waals surface area contributed by atoms with Crippen molar-refractivity contribution in [2.45, 2.75) is 29.6 Å². The third kappa shape index (κ3) is 4.85. The second-order valence-corrected chi connectivity index (χ2v) is 6.65. The molecule has 2 heterocycles. The quantitative estimate of drug-likeness (QED) is 0.450. The number of halogens is 2. The molecule has 22 heavy (non-hydrogen) atoms. The predicted molar refractivity (Wildman–Crippen MR) is 77.3 cm³/mol. The number of alkyl halides is 2. The van der Waals surface area contributed by atoms with Gasteiger partial charge in [0.25, 0.3) is 5.92 Å². The van der Waals surface area contributed by atoms with E-state index in [-0.39, 0.29) is 16.9 Å². The monoisotopic (exact) mass is 352 g/mol. The van der Waals surface area contributed by atoms with E-state index in [2.05, 4.69) is 20.8 Å². The number of carbonyl (C=O) groups excluding carboxylic acids is 2. The van der Waals surface area contributed by atoms with Gasteiger partial charge in [-0.2, -0.15) is 0 Å². The number of anilines is 1. The molecule has 1 atom stereocenters. The zero-order valence-electron chi connectivity index (χ0n) is 11.6. The normalized spacial score (nSPS) is 19.9. The van der Waals surface area contributed by atoms with E-state index < -0.39 is 30.8 Å². The van der Waals surface area contributed by atoms with Gasteiger partial charge in [-0.05, 0) is 6.92 Å². The van der Waals surface area contributed by atoms with Crippen LogP contribution < -0.4 is 10.6 Å². The molecule has 1 unspecified atom stereocenters. The number of ether oxygens (including phenoxy) is 1. The summed E-state index contributed by atoms with van der Waals surface area (Å²) in [6, 6.07) is -0.950. The molecule has 1 aromatic heterocycles. The van der Waals surface area contributed by atoms with E-state index in [1.54, 1.807) is 6.92 Å². The minimum Gasteiger partial charge on any atom is -0.465 e. The van der Waals surface area contributed by atoms with Crippen LogP contribution in [-0.2, 0) is 14.3 Å². The number of hydrogen-bond donors (Lipinski definition) is 2. The van der Waals surface area contributed by atoms with Crippen molar-refractivity contribution in [1.82, 2.24) is 15.5 Å². The summed E-state index contributed by atoms with van der Waals surface area (Å²) in [4.78, 5) is 23.0. The summed E-state index contributed by atoms with van der Waals surface area (Å²) in [5.74, 6) is -3.72. The molecule has 1 amide bonds. The molecule has 0 aromatic carbocycles. The fourth-order valence-electron chi connectivity index (χ4n) is 1.74. The number of rotatable bonds is 6. The van der Waals surface area contributed by atoms with E-state index in [1.165, 1.54) is 0 Å².